The van der Waals surface area contributed by atoms with Crippen LogP contribution in [0.5, 0.6) is 0 Å². The molecule has 110 valence electrons. The number of carboxylic acid groups (broad SMARTS) is 1. The summed E-state index contributed by atoms with van der Waals surface area (Å²) in [5, 5.41) is 9.07. The Morgan fingerprint density at radius 2 is 1.80 bits per heavy atom. The van der Waals surface area contributed by atoms with Gasteiger partial charge in [0.15, 0.2) is 0 Å². The highest BCUT2D eigenvalue weighted by atomic mass is 16.5. The SMILES string of the molecule is Cc1cc(N2CC(C)(C)OC(C)(C)C2)nc(C(=O)O)n1. The van der Waals surface area contributed by atoms with Crippen molar-refractivity contribution in [1.82, 2.24) is 9.97 Å². The lowest BCUT2D eigenvalue weighted by Crippen LogP contribution is -2.57. The number of anilines is 1. The van der Waals surface area contributed by atoms with Gasteiger partial charge in [0.25, 0.3) is 0 Å². The monoisotopic (exact) mass is 279 g/mol. The van der Waals surface area contributed by atoms with E-state index >= 15 is 0 Å². The molecule has 0 aromatic carbocycles. The van der Waals surface area contributed by atoms with Crippen molar-refractivity contribution in [1.29, 1.82) is 0 Å². The lowest BCUT2D eigenvalue weighted by Gasteiger charge is -2.47. The second-order valence-electron chi connectivity index (χ2n) is 6.47. The Hall–Kier alpha value is -1.69. The predicted octanol–water partition coefficient (Wildman–Crippen LogP) is 1.88. The van der Waals surface area contributed by atoms with Crippen LogP contribution >= 0.6 is 0 Å². The zero-order chi connectivity index (χ0) is 15.1. The number of carbonyl (C=O) groups is 1. The smallest absolute Gasteiger partial charge is 0.374 e. The average molecular weight is 279 g/mol. The molecule has 0 atom stereocenters. The van der Waals surface area contributed by atoms with Gasteiger partial charge in [0.05, 0.1) is 11.2 Å². The van der Waals surface area contributed by atoms with Crippen molar-refractivity contribution in [2.75, 3.05) is 18.0 Å². The molecule has 1 N–H and O–H groups in total. The molecule has 1 aliphatic rings. The average Bonchev–Trinajstić information content (AvgIpc) is 2.23. The molecule has 0 spiro atoms. The summed E-state index contributed by atoms with van der Waals surface area (Å²) >= 11 is 0. The molecule has 1 saturated heterocycles. The van der Waals surface area contributed by atoms with Gasteiger partial charge in [-0.25, -0.2) is 14.8 Å². The van der Waals surface area contributed by atoms with Gasteiger partial charge < -0.3 is 14.7 Å². The molecule has 2 rings (SSSR count). The van der Waals surface area contributed by atoms with Crippen molar-refractivity contribution in [3.63, 3.8) is 0 Å². The van der Waals surface area contributed by atoms with Gasteiger partial charge in [-0.2, -0.15) is 0 Å². The molecule has 0 amide bonds. The van der Waals surface area contributed by atoms with Crippen LogP contribution in [0, 0.1) is 6.92 Å². The molecule has 1 aromatic rings. The van der Waals surface area contributed by atoms with E-state index in [1.807, 2.05) is 33.8 Å². The third kappa shape index (κ3) is 3.25. The summed E-state index contributed by atoms with van der Waals surface area (Å²) in [4.78, 5) is 21.2. The Kier molecular flexibility index (Phi) is 3.46. The molecule has 2 heterocycles. The van der Waals surface area contributed by atoms with Gasteiger partial charge in [0.2, 0.25) is 5.82 Å². The van der Waals surface area contributed by atoms with Crippen LogP contribution in [0.15, 0.2) is 6.07 Å². The van der Waals surface area contributed by atoms with Crippen LogP contribution in [0.25, 0.3) is 0 Å². The molecule has 6 heteroatoms. The van der Waals surface area contributed by atoms with Crippen molar-refractivity contribution in [3.05, 3.63) is 17.6 Å². The second-order valence-corrected chi connectivity index (χ2v) is 6.47. The zero-order valence-corrected chi connectivity index (χ0v) is 12.6. The van der Waals surface area contributed by atoms with E-state index in [4.69, 9.17) is 9.84 Å². The zero-order valence-electron chi connectivity index (χ0n) is 12.6. The van der Waals surface area contributed by atoms with Gasteiger partial charge in [-0.05, 0) is 34.6 Å². The maximum Gasteiger partial charge on any atom is 0.374 e. The van der Waals surface area contributed by atoms with Gasteiger partial charge in [-0.15, -0.1) is 0 Å². The normalized spacial score (nSPS) is 20.8. The van der Waals surface area contributed by atoms with Crippen molar-refractivity contribution in [3.8, 4) is 0 Å². The Balaban J connectivity index is 2.38. The molecule has 0 radical (unpaired) electrons. The number of ether oxygens (including phenoxy) is 1. The number of carboxylic acids is 1. The molecule has 0 aliphatic carbocycles. The van der Waals surface area contributed by atoms with Crippen molar-refractivity contribution in [2.24, 2.45) is 0 Å². The number of nitrogens with zero attached hydrogens (tertiary/aromatic N) is 3. The molecule has 1 fully saturated rings. The Morgan fingerprint density at radius 3 is 2.30 bits per heavy atom. The van der Waals surface area contributed by atoms with Crippen LogP contribution in [0.2, 0.25) is 0 Å². The van der Waals surface area contributed by atoms with Gasteiger partial charge in [-0.1, -0.05) is 0 Å². The number of hydrogen-bond acceptors (Lipinski definition) is 5. The first-order chi connectivity index (χ1) is 9.08. The first-order valence-corrected chi connectivity index (χ1v) is 6.62. The number of aromatic nitrogens is 2. The van der Waals surface area contributed by atoms with E-state index in [1.54, 1.807) is 6.92 Å². The van der Waals surface area contributed by atoms with Crippen LogP contribution in [0.1, 0.15) is 44.0 Å². The number of rotatable bonds is 2. The fourth-order valence-corrected chi connectivity index (χ4v) is 2.76. The van der Waals surface area contributed by atoms with E-state index in [0.29, 0.717) is 24.6 Å². The van der Waals surface area contributed by atoms with Crippen LogP contribution in [0.4, 0.5) is 5.82 Å². The minimum absolute atomic E-state index is 0.165. The summed E-state index contributed by atoms with van der Waals surface area (Å²) in [6.45, 7) is 11.2. The number of aromatic carboxylic acids is 1. The topological polar surface area (TPSA) is 75.5 Å². The molecule has 1 aliphatic heterocycles. The fraction of sp³-hybridized carbons (Fsp3) is 0.643. The van der Waals surface area contributed by atoms with Gasteiger partial charge >= 0.3 is 5.97 Å². The molecule has 20 heavy (non-hydrogen) atoms. The molecule has 6 nitrogen and oxygen atoms in total. The molecular weight excluding hydrogens is 258 g/mol. The fourth-order valence-electron chi connectivity index (χ4n) is 2.76. The summed E-state index contributed by atoms with van der Waals surface area (Å²) in [7, 11) is 0. The number of morpholine rings is 1. The first-order valence-electron chi connectivity index (χ1n) is 6.62. The third-order valence-corrected chi connectivity index (χ3v) is 3.05. The Bertz CT molecular complexity index is 524. The minimum atomic E-state index is -1.11. The maximum atomic E-state index is 11.1. The minimum Gasteiger partial charge on any atom is -0.475 e. The Labute approximate surface area is 118 Å². The molecular formula is C14H21N3O3. The number of hydrogen-bond donors (Lipinski definition) is 1. The molecule has 0 unspecified atom stereocenters. The van der Waals surface area contributed by atoms with E-state index in [1.165, 1.54) is 0 Å². The maximum absolute atomic E-state index is 11.1. The van der Waals surface area contributed by atoms with Gasteiger partial charge in [0.1, 0.15) is 5.82 Å². The highest BCUT2D eigenvalue weighted by molar-refractivity contribution is 5.83. The summed E-state index contributed by atoms with van der Waals surface area (Å²) in [5.74, 6) is -0.636. The summed E-state index contributed by atoms with van der Waals surface area (Å²) < 4.78 is 6.02. The van der Waals surface area contributed by atoms with Crippen molar-refractivity contribution < 1.29 is 14.6 Å². The molecule has 0 saturated carbocycles. The Morgan fingerprint density at radius 1 is 1.25 bits per heavy atom. The highest BCUT2D eigenvalue weighted by Crippen LogP contribution is 2.30. The van der Waals surface area contributed by atoms with Crippen LogP contribution < -0.4 is 4.90 Å². The van der Waals surface area contributed by atoms with Crippen LogP contribution in [-0.2, 0) is 4.74 Å². The van der Waals surface area contributed by atoms with E-state index in [0.717, 1.165) is 0 Å². The molecule has 1 aromatic heterocycles. The molecule has 0 bridgehead atoms. The largest absolute Gasteiger partial charge is 0.475 e. The van der Waals surface area contributed by atoms with Crippen molar-refractivity contribution >= 4 is 11.8 Å². The van der Waals surface area contributed by atoms with E-state index in [9.17, 15) is 4.79 Å². The standard InChI is InChI=1S/C14H21N3O3/c1-9-6-10(16-11(15-9)12(18)19)17-7-13(2,3)20-14(4,5)8-17/h6H,7-8H2,1-5H3,(H,18,19). The quantitative estimate of drug-likeness (QED) is 0.890. The lowest BCUT2D eigenvalue weighted by molar-refractivity contribution is -0.133. The van der Waals surface area contributed by atoms with Gasteiger partial charge in [0, 0.05) is 24.8 Å². The van der Waals surface area contributed by atoms with E-state index in [-0.39, 0.29) is 17.0 Å². The second kappa shape index (κ2) is 4.70. The van der Waals surface area contributed by atoms with E-state index in [2.05, 4.69) is 14.9 Å². The number of aryl methyl sites for hydroxylation is 1. The van der Waals surface area contributed by atoms with Crippen molar-refractivity contribution in [2.45, 2.75) is 45.8 Å². The summed E-state index contributed by atoms with van der Waals surface area (Å²) in [5.41, 5.74) is 0.0167. The van der Waals surface area contributed by atoms with Crippen LogP contribution in [-0.4, -0.2) is 45.3 Å². The summed E-state index contributed by atoms with van der Waals surface area (Å²) in [6, 6.07) is 1.81. The predicted molar refractivity (Wildman–Crippen MR) is 75.2 cm³/mol. The van der Waals surface area contributed by atoms with Crippen LogP contribution in [0.3, 0.4) is 0 Å². The first kappa shape index (κ1) is 14.7. The summed E-state index contributed by atoms with van der Waals surface area (Å²) in [6.07, 6.45) is 0. The van der Waals surface area contributed by atoms with E-state index < -0.39 is 5.97 Å². The third-order valence-electron chi connectivity index (χ3n) is 3.05. The lowest BCUT2D eigenvalue weighted by atomic mass is 9.99. The highest BCUT2D eigenvalue weighted by Gasteiger charge is 2.38. The van der Waals surface area contributed by atoms with Gasteiger partial charge in [-0.3, -0.25) is 0 Å².